The number of rotatable bonds is 9. The van der Waals surface area contributed by atoms with Gasteiger partial charge in [-0.05, 0) is 43.3 Å². The maximum Gasteiger partial charge on any atom is 0.191 e. The molecule has 0 aliphatic heterocycles. The zero-order valence-electron chi connectivity index (χ0n) is 15.8. The van der Waals surface area contributed by atoms with Crippen LogP contribution in [0.4, 0.5) is 0 Å². The summed E-state index contributed by atoms with van der Waals surface area (Å²) in [6.07, 6.45) is 0. The monoisotopic (exact) mass is 375 g/mol. The second-order valence-electron chi connectivity index (χ2n) is 6.21. The highest BCUT2D eigenvalue weighted by Crippen LogP contribution is 2.24. The Morgan fingerprint density at radius 1 is 1.15 bits per heavy atom. The van der Waals surface area contributed by atoms with E-state index in [0.717, 1.165) is 22.5 Å². The van der Waals surface area contributed by atoms with Gasteiger partial charge in [0.2, 0.25) is 0 Å². The van der Waals surface area contributed by atoms with Crippen molar-refractivity contribution in [3.8, 4) is 0 Å². The molecule has 0 aliphatic rings. The fraction of sp³-hybridized carbons (Fsp3) is 0.450. The van der Waals surface area contributed by atoms with Crippen molar-refractivity contribution in [2.45, 2.75) is 39.5 Å². The molecule has 26 heavy (non-hydrogen) atoms. The van der Waals surface area contributed by atoms with Crippen LogP contribution in [0.2, 0.25) is 0 Å². The third-order valence-electron chi connectivity index (χ3n) is 3.98. The molecule has 3 N–H and O–H groups in total. The Morgan fingerprint density at radius 3 is 2.58 bits per heavy atom. The fourth-order valence-electron chi connectivity index (χ4n) is 2.50. The van der Waals surface area contributed by atoms with Crippen LogP contribution < -0.4 is 10.6 Å². The molecule has 0 aliphatic carbocycles. The first-order valence-electron chi connectivity index (χ1n) is 9.00. The molecule has 0 saturated heterocycles. The van der Waals surface area contributed by atoms with Gasteiger partial charge in [0, 0.05) is 18.0 Å². The number of aliphatic imine (C=N–C) groups is 1. The largest absolute Gasteiger partial charge is 0.383 e. The average Bonchev–Trinajstić information content (AvgIpc) is 3.19. The number of benzene rings is 1. The summed E-state index contributed by atoms with van der Waals surface area (Å²) in [5.41, 5.74) is 1.36. The second kappa shape index (κ2) is 10.3. The van der Waals surface area contributed by atoms with Gasteiger partial charge in [-0.2, -0.15) is 0 Å². The lowest BCUT2D eigenvalue weighted by atomic mass is 10.1. The van der Waals surface area contributed by atoms with Crippen molar-refractivity contribution in [3.05, 3.63) is 57.8 Å². The van der Waals surface area contributed by atoms with Crippen LogP contribution in [0.5, 0.6) is 0 Å². The van der Waals surface area contributed by atoms with Crippen molar-refractivity contribution < 1.29 is 9.84 Å². The highest BCUT2D eigenvalue weighted by atomic mass is 32.1. The van der Waals surface area contributed by atoms with Gasteiger partial charge >= 0.3 is 0 Å². The van der Waals surface area contributed by atoms with Gasteiger partial charge in [0.25, 0.3) is 0 Å². The number of guanidine groups is 1. The second-order valence-corrected chi connectivity index (χ2v) is 7.15. The molecule has 6 heteroatoms. The Labute approximate surface area is 160 Å². The third-order valence-corrected chi connectivity index (χ3v) is 5.11. The van der Waals surface area contributed by atoms with Crippen molar-refractivity contribution in [1.29, 1.82) is 0 Å². The summed E-state index contributed by atoms with van der Waals surface area (Å²) in [6.45, 7) is 8.82. The Morgan fingerprint density at radius 2 is 1.92 bits per heavy atom. The lowest BCUT2D eigenvalue weighted by molar-refractivity contribution is 0.0655. The molecule has 0 radical (unpaired) electrons. The van der Waals surface area contributed by atoms with E-state index in [2.05, 4.69) is 27.8 Å². The molecule has 2 aromatic rings. The molecule has 1 unspecified atom stereocenters. The molecular formula is C20H29N3O2S. The van der Waals surface area contributed by atoms with E-state index in [9.17, 15) is 5.11 Å². The minimum Gasteiger partial charge on any atom is -0.383 e. The maximum atomic E-state index is 10.7. The predicted octanol–water partition coefficient (Wildman–Crippen LogP) is 3.25. The summed E-state index contributed by atoms with van der Waals surface area (Å²) < 4.78 is 5.54. The summed E-state index contributed by atoms with van der Waals surface area (Å²) in [5.74, 6) is 0.690. The Kier molecular flexibility index (Phi) is 8.09. The van der Waals surface area contributed by atoms with Crippen LogP contribution in [0.25, 0.3) is 0 Å². The molecular weight excluding hydrogens is 346 g/mol. The van der Waals surface area contributed by atoms with Gasteiger partial charge in [-0.1, -0.05) is 30.3 Å². The van der Waals surface area contributed by atoms with E-state index in [1.165, 1.54) is 0 Å². The van der Waals surface area contributed by atoms with E-state index in [0.29, 0.717) is 32.3 Å². The fourth-order valence-corrected chi connectivity index (χ4v) is 3.29. The van der Waals surface area contributed by atoms with Crippen LogP contribution in [-0.2, 0) is 23.5 Å². The number of ether oxygens (including phenoxy) is 1. The molecule has 1 aromatic heterocycles. The molecule has 2 rings (SSSR count). The van der Waals surface area contributed by atoms with Gasteiger partial charge in [-0.15, -0.1) is 11.3 Å². The van der Waals surface area contributed by atoms with Crippen LogP contribution in [0.15, 0.2) is 46.8 Å². The van der Waals surface area contributed by atoms with Crippen LogP contribution in [0.3, 0.4) is 0 Å². The average molecular weight is 376 g/mol. The number of aliphatic hydroxyl groups is 1. The molecule has 1 atom stereocenters. The Balaban J connectivity index is 2.03. The first kappa shape index (κ1) is 20.4. The highest BCUT2D eigenvalue weighted by molar-refractivity contribution is 7.10. The molecule has 0 spiro atoms. The lowest BCUT2D eigenvalue weighted by Crippen LogP contribution is -2.44. The first-order valence-corrected chi connectivity index (χ1v) is 9.87. The molecule has 0 bridgehead atoms. The van der Waals surface area contributed by atoms with E-state index in [4.69, 9.17) is 4.74 Å². The summed E-state index contributed by atoms with van der Waals surface area (Å²) in [6, 6.07) is 12.1. The molecule has 0 amide bonds. The van der Waals surface area contributed by atoms with E-state index in [-0.39, 0.29) is 0 Å². The maximum absolute atomic E-state index is 10.7. The molecule has 0 fully saturated rings. The van der Waals surface area contributed by atoms with Gasteiger partial charge in [-0.25, -0.2) is 4.99 Å². The van der Waals surface area contributed by atoms with Crippen molar-refractivity contribution in [3.63, 3.8) is 0 Å². The number of hydrogen-bond donors (Lipinski definition) is 3. The minimum atomic E-state index is -0.933. The van der Waals surface area contributed by atoms with Gasteiger partial charge in [0.1, 0.15) is 5.60 Å². The van der Waals surface area contributed by atoms with Crippen molar-refractivity contribution >= 4 is 17.3 Å². The number of nitrogens with zero attached hydrogens (tertiary/aromatic N) is 1. The van der Waals surface area contributed by atoms with Crippen LogP contribution in [0, 0.1) is 0 Å². The van der Waals surface area contributed by atoms with Gasteiger partial charge in [0.05, 0.1) is 19.7 Å². The SMILES string of the molecule is CCNC(=NCc1ccccc1COCC)NCC(C)(O)c1cccs1. The van der Waals surface area contributed by atoms with E-state index < -0.39 is 5.60 Å². The van der Waals surface area contributed by atoms with Crippen molar-refractivity contribution in [1.82, 2.24) is 10.6 Å². The summed E-state index contributed by atoms with van der Waals surface area (Å²) in [7, 11) is 0. The minimum absolute atomic E-state index is 0.389. The van der Waals surface area contributed by atoms with Crippen LogP contribution >= 0.6 is 11.3 Å². The smallest absolute Gasteiger partial charge is 0.191 e. The summed E-state index contributed by atoms with van der Waals surface area (Å²) >= 11 is 1.55. The molecule has 142 valence electrons. The van der Waals surface area contributed by atoms with Crippen molar-refractivity contribution in [2.75, 3.05) is 19.7 Å². The predicted molar refractivity (Wildman–Crippen MR) is 108 cm³/mol. The van der Waals surface area contributed by atoms with Crippen molar-refractivity contribution in [2.24, 2.45) is 4.99 Å². The normalized spacial score (nSPS) is 14.1. The Hall–Kier alpha value is -1.89. The molecule has 1 heterocycles. The van der Waals surface area contributed by atoms with Crippen LogP contribution in [-0.4, -0.2) is 30.8 Å². The van der Waals surface area contributed by atoms with E-state index >= 15 is 0 Å². The standard InChI is InChI=1S/C20H29N3O2S/c1-4-21-19(23-15-20(3,24)18-11-8-12-26-18)22-13-16-9-6-7-10-17(16)14-25-5-2/h6-12,24H,4-5,13-15H2,1-3H3,(H2,21,22,23). The topological polar surface area (TPSA) is 65.9 Å². The van der Waals surface area contributed by atoms with Gasteiger partial charge in [0.15, 0.2) is 5.96 Å². The van der Waals surface area contributed by atoms with Crippen LogP contribution in [0.1, 0.15) is 36.8 Å². The lowest BCUT2D eigenvalue weighted by Gasteiger charge is -2.23. The number of hydrogen-bond acceptors (Lipinski definition) is 4. The van der Waals surface area contributed by atoms with E-state index in [1.54, 1.807) is 11.3 Å². The summed E-state index contributed by atoms with van der Waals surface area (Å²) in [5, 5.41) is 19.1. The molecule has 1 aromatic carbocycles. The number of thiophene rings is 1. The zero-order valence-corrected chi connectivity index (χ0v) is 16.6. The number of nitrogens with one attached hydrogen (secondary N) is 2. The first-order chi connectivity index (χ1) is 12.6. The summed E-state index contributed by atoms with van der Waals surface area (Å²) in [4.78, 5) is 5.60. The quantitative estimate of drug-likeness (QED) is 0.465. The zero-order chi connectivity index (χ0) is 18.8. The van der Waals surface area contributed by atoms with Gasteiger partial charge < -0.3 is 20.5 Å². The Bertz CT molecular complexity index is 684. The third kappa shape index (κ3) is 6.12. The molecule has 5 nitrogen and oxygen atoms in total. The molecule has 0 saturated carbocycles. The highest BCUT2D eigenvalue weighted by Gasteiger charge is 2.24. The van der Waals surface area contributed by atoms with E-state index in [1.807, 2.05) is 50.4 Å². The van der Waals surface area contributed by atoms with Gasteiger partial charge in [-0.3, -0.25) is 0 Å².